The van der Waals surface area contributed by atoms with Gasteiger partial charge in [-0.05, 0) is 77.4 Å². The summed E-state index contributed by atoms with van der Waals surface area (Å²) in [4.78, 5) is 40.2. The van der Waals surface area contributed by atoms with Crippen LogP contribution in [0.1, 0.15) is 35.7 Å². The number of carbonyl (C=O) groups excluding carboxylic acids is 3. The SMILES string of the molecule is CCN(CC)c1ccc(C=C2SC(=O)N(Cc3ccc(C(=O)OC)o3)C2=O)cc1Br. The molecule has 3 rings (SSSR count). The van der Waals surface area contributed by atoms with Crippen LogP contribution in [0.3, 0.4) is 0 Å². The van der Waals surface area contributed by atoms with E-state index in [1.807, 2.05) is 18.2 Å². The van der Waals surface area contributed by atoms with Crippen molar-refractivity contribution >= 4 is 56.6 Å². The summed E-state index contributed by atoms with van der Waals surface area (Å²) < 4.78 is 10.9. The molecule has 0 saturated carbocycles. The molecule has 0 spiro atoms. The highest BCUT2D eigenvalue weighted by Gasteiger charge is 2.35. The molecule has 158 valence electrons. The molecule has 0 N–H and O–H groups in total. The molecule has 1 fully saturated rings. The minimum absolute atomic E-state index is 0.0214. The Morgan fingerprint density at radius 2 is 1.97 bits per heavy atom. The van der Waals surface area contributed by atoms with Crippen LogP contribution in [0.5, 0.6) is 0 Å². The normalized spacial score (nSPS) is 15.2. The highest BCUT2D eigenvalue weighted by Crippen LogP contribution is 2.35. The molecule has 0 atom stereocenters. The van der Waals surface area contributed by atoms with Crippen LogP contribution in [0.25, 0.3) is 6.08 Å². The van der Waals surface area contributed by atoms with Gasteiger partial charge >= 0.3 is 5.97 Å². The van der Waals surface area contributed by atoms with Crippen molar-refractivity contribution in [2.45, 2.75) is 20.4 Å². The number of rotatable bonds is 7. The van der Waals surface area contributed by atoms with E-state index in [2.05, 4.69) is 39.4 Å². The minimum atomic E-state index is -0.617. The van der Waals surface area contributed by atoms with Gasteiger partial charge < -0.3 is 14.1 Å². The van der Waals surface area contributed by atoms with Gasteiger partial charge in [0.15, 0.2) is 0 Å². The summed E-state index contributed by atoms with van der Waals surface area (Å²) in [6.45, 7) is 5.90. The van der Waals surface area contributed by atoms with E-state index in [0.717, 1.165) is 45.5 Å². The van der Waals surface area contributed by atoms with Gasteiger partial charge in [-0.2, -0.15) is 0 Å². The molecule has 1 aliphatic rings. The van der Waals surface area contributed by atoms with Gasteiger partial charge in [0, 0.05) is 17.6 Å². The van der Waals surface area contributed by atoms with Crippen molar-refractivity contribution in [3.8, 4) is 0 Å². The number of esters is 1. The molecule has 1 saturated heterocycles. The summed E-state index contributed by atoms with van der Waals surface area (Å²) in [7, 11) is 1.25. The molecule has 7 nitrogen and oxygen atoms in total. The van der Waals surface area contributed by atoms with Crippen molar-refractivity contribution in [2.24, 2.45) is 0 Å². The van der Waals surface area contributed by atoms with E-state index < -0.39 is 11.9 Å². The second-order valence-electron chi connectivity index (χ2n) is 6.41. The molecule has 2 aromatic rings. The Morgan fingerprint density at radius 3 is 2.60 bits per heavy atom. The molecular weight excluding hydrogens is 472 g/mol. The van der Waals surface area contributed by atoms with Crippen LogP contribution in [0.4, 0.5) is 10.5 Å². The molecule has 0 unspecified atom stereocenters. The summed E-state index contributed by atoms with van der Waals surface area (Å²) in [6, 6.07) is 8.83. The number of thioether (sulfide) groups is 1. The quantitative estimate of drug-likeness (QED) is 0.401. The van der Waals surface area contributed by atoms with Crippen molar-refractivity contribution in [1.29, 1.82) is 0 Å². The van der Waals surface area contributed by atoms with Crippen LogP contribution in [0.15, 0.2) is 44.1 Å². The molecule has 30 heavy (non-hydrogen) atoms. The standard InChI is InChI=1S/C21H21BrN2O5S/c1-4-23(5-2)16-8-6-13(10-15(16)22)11-18-19(25)24(21(27)30-18)12-14-7-9-17(29-14)20(26)28-3/h6-11H,4-5,12H2,1-3H3. The maximum absolute atomic E-state index is 12.7. The largest absolute Gasteiger partial charge is 0.463 e. The lowest BCUT2D eigenvalue weighted by atomic mass is 10.1. The zero-order chi connectivity index (χ0) is 21.8. The number of anilines is 1. The number of carbonyl (C=O) groups is 3. The zero-order valence-electron chi connectivity index (χ0n) is 16.8. The number of hydrogen-bond acceptors (Lipinski definition) is 7. The topological polar surface area (TPSA) is 80.1 Å². The second-order valence-corrected chi connectivity index (χ2v) is 8.26. The molecule has 1 aliphatic heterocycles. The van der Waals surface area contributed by atoms with E-state index in [0.29, 0.717) is 10.7 Å². The first-order valence-electron chi connectivity index (χ1n) is 9.34. The van der Waals surface area contributed by atoms with Gasteiger partial charge in [-0.25, -0.2) is 4.79 Å². The number of furan rings is 1. The maximum atomic E-state index is 12.7. The first-order chi connectivity index (χ1) is 14.4. The lowest BCUT2D eigenvalue weighted by Gasteiger charge is -2.22. The number of ether oxygens (including phenoxy) is 1. The van der Waals surface area contributed by atoms with Gasteiger partial charge in [0.1, 0.15) is 5.76 Å². The van der Waals surface area contributed by atoms with Crippen LogP contribution in [-0.4, -0.2) is 42.2 Å². The summed E-state index contributed by atoms with van der Waals surface area (Å²) in [6.07, 6.45) is 1.70. The Morgan fingerprint density at radius 1 is 1.23 bits per heavy atom. The average Bonchev–Trinajstić information content (AvgIpc) is 3.30. The predicted molar refractivity (Wildman–Crippen MR) is 119 cm³/mol. The molecule has 1 aromatic heterocycles. The van der Waals surface area contributed by atoms with E-state index in [1.165, 1.54) is 13.2 Å². The van der Waals surface area contributed by atoms with Gasteiger partial charge in [0.25, 0.3) is 11.1 Å². The van der Waals surface area contributed by atoms with Crippen LogP contribution < -0.4 is 4.90 Å². The third kappa shape index (κ3) is 4.62. The molecule has 0 aliphatic carbocycles. The van der Waals surface area contributed by atoms with Crippen molar-refractivity contribution < 1.29 is 23.5 Å². The molecular formula is C21H21BrN2O5S. The number of methoxy groups -OCH3 is 1. The van der Waals surface area contributed by atoms with Gasteiger partial charge in [-0.15, -0.1) is 0 Å². The van der Waals surface area contributed by atoms with Gasteiger partial charge in [0.2, 0.25) is 5.76 Å². The Balaban J connectivity index is 1.77. The first kappa shape index (κ1) is 22.2. The highest BCUT2D eigenvalue weighted by molar-refractivity contribution is 9.10. The minimum Gasteiger partial charge on any atom is -0.463 e. The third-order valence-corrected chi connectivity index (χ3v) is 6.15. The number of nitrogens with zero attached hydrogens (tertiary/aromatic N) is 2. The number of benzene rings is 1. The maximum Gasteiger partial charge on any atom is 0.373 e. The van der Waals surface area contributed by atoms with Crippen LogP contribution in [0.2, 0.25) is 0 Å². The van der Waals surface area contributed by atoms with Crippen molar-refractivity contribution in [1.82, 2.24) is 4.90 Å². The molecule has 1 aromatic carbocycles. The monoisotopic (exact) mass is 492 g/mol. The summed E-state index contributed by atoms with van der Waals surface area (Å²) >= 11 is 4.47. The molecule has 0 bridgehead atoms. The number of imide groups is 1. The van der Waals surface area contributed by atoms with E-state index in [4.69, 9.17) is 4.42 Å². The Bertz CT molecular complexity index is 1010. The fourth-order valence-electron chi connectivity index (χ4n) is 3.05. The van der Waals surface area contributed by atoms with Crippen molar-refractivity contribution in [3.05, 3.63) is 56.8 Å². The fraction of sp³-hybridized carbons (Fsp3) is 0.286. The molecule has 0 radical (unpaired) electrons. The Kier molecular flexibility index (Phi) is 7.04. The summed E-state index contributed by atoms with van der Waals surface area (Å²) in [5.41, 5.74) is 1.89. The van der Waals surface area contributed by atoms with Crippen LogP contribution in [-0.2, 0) is 16.1 Å². The van der Waals surface area contributed by atoms with Crippen LogP contribution >= 0.6 is 27.7 Å². The van der Waals surface area contributed by atoms with Gasteiger partial charge in [-0.1, -0.05) is 6.07 Å². The van der Waals surface area contributed by atoms with E-state index in [1.54, 1.807) is 12.1 Å². The van der Waals surface area contributed by atoms with E-state index in [9.17, 15) is 14.4 Å². The number of amides is 2. The first-order valence-corrected chi connectivity index (χ1v) is 11.0. The lowest BCUT2D eigenvalue weighted by Crippen LogP contribution is -2.27. The van der Waals surface area contributed by atoms with Gasteiger partial charge in [-0.3, -0.25) is 14.5 Å². The number of hydrogen-bond donors (Lipinski definition) is 0. The van der Waals surface area contributed by atoms with Crippen molar-refractivity contribution in [3.63, 3.8) is 0 Å². The molecule has 2 amide bonds. The Labute approximate surface area is 187 Å². The van der Waals surface area contributed by atoms with E-state index in [-0.39, 0.29) is 17.5 Å². The van der Waals surface area contributed by atoms with Gasteiger partial charge in [0.05, 0.1) is 24.2 Å². The second kappa shape index (κ2) is 9.53. The average molecular weight is 493 g/mol. The fourth-order valence-corrected chi connectivity index (χ4v) is 4.54. The smallest absolute Gasteiger partial charge is 0.373 e. The molecule has 9 heteroatoms. The zero-order valence-corrected chi connectivity index (χ0v) is 19.2. The molecule has 2 heterocycles. The predicted octanol–water partition coefficient (Wildman–Crippen LogP) is 4.91. The summed E-state index contributed by atoms with van der Waals surface area (Å²) in [5.74, 6) is -0.669. The Hall–Kier alpha value is -2.52. The van der Waals surface area contributed by atoms with Crippen molar-refractivity contribution in [2.75, 3.05) is 25.1 Å². The van der Waals surface area contributed by atoms with E-state index >= 15 is 0 Å². The van der Waals surface area contributed by atoms with Crippen LogP contribution in [0, 0.1) is 0 Å². The number of halogens is 1. The highest BCUT2D eigenvalue weighted by atomic mass is 79.9. The summed E-state index contributed by atoms with van der Waals surface area (Å²) in [5, 5.41) is -0.388. The third-order valence-electron chi connectivity index (χ3n) is 4.61. The lowest BCUT2D eigenvalue weighted by molar-refractivity contribution is -0.123.